The summed E-state index contributed by atoms with van der Waals surface area (Å²) in [6.07, 6.45) is 1.55. The van der Waals surface area contributed by atoms with Gasteiger partial charge in [-0.25, -0.2) is 14.4 Å². The number of ether oxygens (including phenoxy) is 3. The number of phenols is 4. The van der Waals surface area contributed by atoms with Crippen LogP contribution in [-0.4, -0.2) is 91.7 Å². The first-order valence-corrected chi connectivity index (χ1v) is 15.5. The molecule has 1 aliphatic carbocycles. The van der Waals surface area contributed by atoms with Crippen LogP contribution in [0.5, 0.6) is 23.0 Å². The number of aliphatic hydroxyl groups is 1. The van der Waals surface area contributed by atoms with Crippen LogP contribution in [0.1, 0.15) is 29.5 Å². The largest absolute Gasteiger partial charge is 0.504 e. The maximum absolute atomic E-state index is 13.6. The molecule has 2 fully saturated rings. The average Bonchev–Trinajstić information content (AvgIpc) is 3.08. The van der Waals surface area contributed by atoms with Crippen molar-refractivity contribution in [3.05, 3.63) is 95.6 Å². The third kappa shape index (κ3) is 7.23. The molecule has 2 aliphatic rings. The Hall–Kier alpha value is -5.37. The van der Waals surface area contributed by atoms with Crippen molar-refractivity contribution in [1.29, 1.82) is 0 Å². The second-order valence-electron chi connectivity index (χ2n) is 12.0. The van der Waals surface area contributed by atoms with Gasteiger partial charge >= 0.3 is 17.9 Å². The molecular formula is C36H37NO12. The van der Waals surface area contributed by atoms with Crippen LogP contribution in [-0.2, 0) is 35.0 Å². The molecule has 0 amide bonds. The zero-order valence-electron chi connectivity index (χ0n) is 26.4. The van der Waals surface area contributed by atoms with Crippen molar-refractivity contribution in [3.63, 3.8) is 0 Å². The van der Waals surface area contributed by atoms with Crippen LogP contribution in [0, 0.1) is 5.92 Å². The molecule has 5 rings (SSSR count). The topological polar surface area (TPSA) is 212 Å². The molecule has 49 heavy (non-hydrogen) atoms. The van der Waals surface area contributed by atoms with Crippen LogP contribution in [0.2, 0.25) is 0 Å². The number of carbonyl (C=O) groups is 3. The fourth-order valence-electron chi connectivity index (χ4n) is 6.63. The van der Waals surface area contributed by atoms with E-state index in [0.717, 1.165) is 12.2 Å². The molecule has 0 unspecified atom stereocenters. The number of hydrogen-bond acceptors (Lipinski definition) is 12. The van der Waals surface area contributed by atoms with E-state index < -0.39 is 71.2 Å². The number of carboxylic acids is 1. The Balaban J connectivity index is 1.60. The number of esters is 2. The Morgan fingerprint density at radius 1 is 0.878 bits per heavy atom. The summed E-state index contributed by atoms with van der Waals surface area (Å²) in [6.45, 7) is 0.113. The van der Waals surface area contributed by atoms with Crippen molar-refractivity contribution in [3.8, 4) is 23.0 Å². The van der Waals surface area contributed by atoms with E-state index in [-0.39, 0.29) is 30.9 Å². The van der Waals surface area contributed by atoms with Crippen LogP contribution < -0.4 is 5.32 Å². The minimum Gasteiger partial charge on any atom is -0.504 e. The quantitative estimate of drug-likeness (QED) is 0.0937. The smallest absolute Gasteiger partial charge is 0.336 e. The highest BCUT2D eigenvalue weighted by molar-refractivity contribution is 5.89. The molecule has 1 saturated heterocycles. The molecule has 258 valence electrons. The van der Waals surface area contributed by atoms with Gasteiger partial charge in [0, 0.05) is 31.1 Å². The maximum Gasteiger partial charge on any atom is 0.336 e. The molecule has 3 aromatic rings. The number of benzene rings is 3. The fraction of sp³-hybridized carbons (Fsp3) is 0.306. The summed E-state index contributed by atoms with van der Waals surface area (Å²) in [7, 11) is 1.61. The fourth-order valence-corrected chi connectivity index (χ4v) is 6.63. The summed E-state index contributed by atoms with van der Waals surface area (Å²) in [5.74, 6) is -6.37. The number of likely N-dealkylation sites (N-methyl/N-ethyl adjacent to an activating group) is 1. The summed E-state index contributed by atoms with van der Waals surface area (Å²) in [6, 6.07) is 15.8. The SMILES string of the molecule is CN[C@H]1CCO[C@H]2C[C@](O)(C(=O)O)[C@H](Cc3ccccc3)[C@@H](OC(=O)C=Cc3ccc(O)c(O)c3)[C@]12OC(=O)C=Cc1ccc(O)c(O)c1. The van der Waals surface area contributed by atoms with Gasteiger partial charge in [0.05, 0.1) is 6.04 Å². The van der Waals surface area contributed by atoms with Crippen molar-refractivity contribution >= 4 is 30.1 Å². The summed E-state index contributed by atoms with van der Waals surface area (Å²) < 4.78 is 18.3. The molecule has 13 heteroatoms. The number of carbonyl (C=O) groups excluding carboxylic acids is 2. The lowest BCUT2D eigenvalue weighted by atomic mass is 9.60. The van der Waals surface area contributed by atoms with Crippen LogP contribution in [0.4, 0.5) is 0 Å². The van der Waals surface area contributed by atoms with Crippen LogP contribution in [0.15, 0.2) is 78.9 Å². The zero-order chi connectivity index (χ0) is 35.3. The van der Waals surface area contributed by atoms with Crippen molar-refractivity contribution in [2.45, 2.75) is 48.7 Å². The lowest BCUT2D eigenvalue weighted by Crippen LogP contribution is -2.78. The number of aromatic hydroxyl groups is 4. The van der Waals surface area contributed by atoms with Gasteiger partial charge < -0.3 is 50.2 Å². The molecule has 0 bridgehead atoms. The van der Waals surface area contributed by atoms with E-state index in [2.05, 4.69) is 5.32 Å². The summed E-state index contributed by atoms with van der Waals surface area (Å²) in [5.41, 5.74) is -3.05. The first kappa shape index (κ1) is 35.0. The minimum atomic E-state index is -2.50. The monoisotopic (exact) mass is 675 g/mol. The average molecular weight is 676 g/mol. The highest BCUT2D eigenvalue weighted by Gasteiger charge is 2.70. The number of rotatable bonds is 10. The third-order valence-corrected chi connectivity index (χ3v) is 9.05. The molecule has 13 nitrogen and oxygen atoms in total. The molecular weight excluding hydrogens is 638 g/mol. The predicted molar refractivity (Wildman–Crippen MR) is 174 cm³/mol. The van der Waals surface area contributed by atoms with Gasteiger partial charge in [0.2, 0.25) is 0 Å². The highest BCUT2D eigenvalue weighted by atomic mass is 16.6. The molecule has 6 atom stereocenters. The third-order valence-electron chi connectivity index (χ3n) is 9.05. The van der Waals surface area contributed by atoms with Gasteiger partial charge in [-0.1, -0.05) is 42.5 Å². The summed E-state index contributed by atoms with van der Waals surface area (Å²) in [4.78, 5) is 40.1. The van der Waals surface area contributed by atoms with E-state index in [9.17, 15) is 45.0 Å². The standard InChI is InChI=1S/C36H37NO12/c1-37-29-15-16-47-30-20-35(46,34(44)45)24(17-21-5-3-2-4-6-21)33(48-31(42)13-9-22-7-11-25(38)27(40)18-22)36(29,30)49-32(43)14-10-23-8-12-26(39)28(41)19-23/h2-14,18-19,24,29-30,33,37-41,46H,15-17,20H2,1H3,(H,44,45)/t24-,29+,30+,33-,35-,36+/m1/s1. The van der Waals surface area contributed by atoms with Gasteiger partial charge in [-0.05, 0) is 73.0 Å². The first-order chi connectivity index (χ1) is 23.4. The number of nitrogens with one attached hydrogen (secondary N) is 1. The maximum atomic E-state index is 13.6. The predicted octanol–water partition coefficient (Wildman–Crippen LogP) is 2.88. The van der Waals surface area contributed by atoms with Gasteiger partial charge in [0.25, 0.3) is 0 Å². The molecule has 1 saturated carbocycles. The van der Waals surface area contributed by atoms with E-state index in [1.807, 2.05) is 0 Å². The van der Waals surface area contributed by atoms with Gasteiger partial charge in [-0.3, -0.25) is 0 Å². The molecule has 7 N–H and O–H groups in total. The molecule has 1 aliphatic heterocycles. The van der Waals surface area contributed by atoms with Crippen LogP contribution in [0.25, 0.3) is 12.2 Å². The Labute approximate surface area is 281 Å². The van der Waals surface area contributed by atoms with E-state index in [1.165, 1.54) is 48.6 Å². The van der Waals surface area contributed by atoms with Gasteiger partial charge in [-0.2, -0.15) is 0 Å². The summed E-state index contributed by atoms with van der Waals surface area (Å²) in [5, 5.41) is 64.5. The number of aliphatic carboxylic acids is 1. The summed E-state index contributed by atoms with van der Waals surface area (Å²) >= 11 is 0. The van der Waals surface area contributed by atoms with E-state index in [1.54, 1.807) is 37.4 Å². The van der Waals surface area contributed by atoms with E-state index in [4.69, 9.17) is 14.2 Å². The second kappa shape index (κ2) is 14.4. The Morgan fingerprint density at radius 3 is 2.02 bits per heavy atom. The Kier molecular flexibility index (Phi) is 10.3. The zero-order valence-corrected chi connectivity index (χ0v) is 26.4. The molecule has 1 heterocycles. The van der Waals surface area contributed by atoms with Crippen molar-refractivity contribution in [2.24, 2.45) is 5.92 Å². The van der Waals surface area contributed by atoms with Crippen LogP contribution in [0.3, 0.4) is 0 Å². The van der Waals surface area contributed by atoms with Crippen LogP contribution >= 0.6 is 0 Å². The highest BCUT2D eigenvalue weighted by Crippen LogP contribution is 2.50. The second-order valence-corrected chi connectivity index (χ2v) is 12.0. The van der Waals surface area contributed by atoms with Gasteiger partial charge in [-0.15, -0.1) is 0 Å². The molecule has 0 spiro atoms. The molecule has 0 aromatic heterocycles. The Morgan fingerprint density at radius 2 is 1.47 bits per heavy atom. The molecule has 0 radical (unpaired) electrons. The lowest BCUT2D eigenvalue weighted by Gasteiger charge is -2.58. The number of carboxylic acid groups (broad SMARTS) is 1. The number of phenolic OH excluding ortho intramolecular Hbond substituents is 4. The van der Waals surface area contributed by atoms with E-state index in [0.29, 0.717) is 16.7 Å². The van der Waals surface area contributed by atoms with Gasteiger partial charge in [0.1, 0.15) is 6.10 Å². The van der Waals surface area contributed by atoms with Gasteiger partial charge in [0.15, 0.2) is 40.3 Å². The van der Waals surface area contributed by atoms with Crippen molar-refractivity contribution in [1.82, 2.24) is 5.32 Å². The lowest BCUT2D eigenvalue weighted by molar-refractivity contribution is -0.286. The Bertz CT molecular complexity index is 1760. The number of fused-ring (bicyclic) bond motifs is 1. The van der Waals surface area contributed by atoms with E-state index >= 15 is 0 Å². The minimum absolute atomic E-state index is 0.0950. The van der Waals surface area contributed by atoms with Crippen molar-refractivity contribution < 1.29 is 59.2 Å². The number of hydrogen-bond donors (Lipinski definition) is 7. The molecule has 3 aromatic carbocycles. The normalized spacial score (nSPS) is 26.7. The first-order valence-electron chi connectivity index (χ1n) is 15.5. The van der Waals surface area contributed by atoms with Crippen molar-refractivity contribution in [2.75, 3.05) is 13.7 Å².